The number of anilines is 2. The molecular formula is C28H25F3N2O4S. The van der Waals surface area contributed by atoms with Crippen molar-refractivity contribution < 1.29 is 26.0 Å². The molecule has 0 radical (unpaired) electrons. The predicted molar refractivity (Wildman–Crippen MR) is 140 cm³/mol. The Labute approximate surface area is 217 Å². The maximum absolute atomic E-state index is 13.5. The minimum Gasteiger partial charge on any atom is -0.423 e. The van der Waals surface area contributed by atoms with E-state index >= 15 is 0 Å². The summed E-state index contributed by atoms with van der Waals surface area (Å²) in [5.41, 5.74) is 0.360. The monoisotopic (exact) mass is 542 g/mol. The smallest absolute Gasteiger partial charge is 0.417 e. The second-order valence-electron chi connectivity index (χ2n) is 9.30. The summed E-state index contributed by atoms with van der Waals surface area (Å²) in [6.07, 6.45) is -1.16. The van der Waals surface area contributed by atoms with Gasteiger partial charge in [0.05, 0.1) is 21.8 Å². The molecule has 10 heteroatoms. The van der Waals surface area contributed by atoms with Gasteiger partial charge in [0.1, 0.15) is 5.58 Å². The van der Waals surface area contributed by atoms with Gasteiger partial charge in [0.15, 0.2) is 0 Å². The summed E-state index contributed by atoms with van der Waals surface area (Å²) in [5, 5.41) is -0.203. The van der Waals surface area contributed by atoms with Crippen molar-refractivity contribution in [3.63, 3.8) is 0 Å². The second kappa shape index (κ2) is 10.2. The van der Waals surface area contributed by atoms with Gasteiger partial charge in [-0.2, -0.15) is 13.2 Å². The van der Waals surface area contributed by atoms with E-state index in [-0.39, 0.29) is 22.3 Å². The first-order valence-corrected chi connectivity index (χ1v) is 13.7. The molecule has 0 bridgehead atoms. The molecule has 38 heavy (non-hydrogen) atoms. The van der Waals surface area contributed by atoms with Crippen molar-refractivity contribution in [2.24, 2.45) is 0 Å². The van der Waals surface area contributed by atoms with Gasteiger partial charge >= 0.3 is 11.8 Å². The van der Waals surface area contributed by atoms with Crippen LogP contribution in [0.3, 0.4) is 0 Å². The van der Waals surface area contributed by atoms with Crippen LogP contribution in [0.1, 0.15) is 36.0 Å². The van der Waals surface area contributed by atoms with Crippen LogP contribution in [0.15, 0.2) is 86.9 Å². The molecule has 1 aromatic heterocycles. The summed E-state index contributed by atoms with van der Waals surface area (Å²) in [4.78, 5) is 13.8. The lowest BCUT2D eigenvalue weighted by Gasteiger charge is -2.30. The van der Waals surface area contributed by atoms with Crippen molar-refractivity contribution in [3.8, 4) is 0 Å². The zero-order chi connectivity index (χ0) is 26.9. The van der Waals surface area contributed by atoms with Gasteiger partial charge in [0.2, 0.25) is 0 Å². The van der Waals surface area contributed by atoms with E-state index in [4.69, 9.17) is 4.42 Å². The third-order valence-electron chi connectivity index (χ3n) is 6.60. The molecule has 1 fully saturated rings. The number of nitrogens with zero attached hydrogens (tertiary/aromatic N) is 1. The van der Waals surface area contributed by atoms with Gasteiger partial charge in [-0.05, 0) is 73.2 Å². The molecule has 0 unspecified atom stereocenters. The number of rotatable bonds is 6. The number of halogens is 3. The average molecular weight is 543 g/mol. The number of sulfonamides is 1. The fourth-order valence-corrected chi connectivity index (χ4v) is 5.83. The highest BCUT2D eigenvalue weighted by Gasteiger charge is 2.34. The molecule has 1 aliphatic heterocycles. The third kappa shape index (κ3) is 5.55. The predicted octanol–water partition coefficient (Wildman–Crippen LogP) is 6.19. The maximum Gasteiger partial charge on any atom is 0.417 e. The van der Waals surface area contributed by atoms with Crippen molar-refractivity contribution in [2.45, 2.75) is 36.8 Å². The lowest BCUT2D eigenvalue weighted by atomic mass is 10.0. The number of benzene rings is 3. The third-order valence-corrected chi connectivity index (χ3v) is 7.98. The highest BCUT2D eigenvalue weighted by atomic mass is 32.2. The molecule has 4 aromatic rings. The van der Waals surface area contributed by atoms with Crippen LogP contribution in [-0.4, -0.2) is 21.5 Å². The molecule has 0 saturated carbocycles. The minimum atomic E-state index is -4.71. The topological polar surface area (TPSA) is 79.6 Å². The second-order valence-corrected chi connectivity index (χ2v) is 11.0. The van der Waals surface area contributed by atoms with Gasteiger partial charge in [-0.3, -0.25) is 4.72 Å². The SMILES string of the molecule is O=c1cc(C(F)(F)F)c2cc(Cc3ccc(S(=O)(=O)Nc4ccccc4N4CCCCC4)cc3)ccc2o1. The summed E-state index contributed by atoms with van der Waals surface area (Å²) in [7, 11) is -3.86. The van der Waals surface area contributed by atoms with Crippen molar-refractivity contribution >= 4 is 32.4 Å². The molecular weight excluding hydrogens is 517 g/mol. The highest BCUT2D eigenvalue weighted by Crippen LogP contribution is 2.34. The molecule has 1 N–H and O–H groups in total. The Balaban J connectivity index is 1.36. The summed E-state index contributed by atoms with van der Waals surface area (Å²) >= 11 is 0. The Kier molecular flexibility index (Phi) is 6.92. The Hall–Kier alpha value is -3.79. The van der Waals surface area contributed by atoms with Crippen molar-refractivity contribution in [1.82, 2.24) is 0 Å². The number of piperidine rings is 1. The number of hydrogen-bond donors (Lipinski definition) is 1. The quantitative estimate of drug-likeness (QED) is 0.294. The van der Waals surface area contributed by atoms with Gasteiger partial charge in [0.25, 0.3) is 10.0 Å². The average Bonchev–Trinajstić information content (AvgIpc) is 2.89. The Morgan fingerprint density at radius 3 is 2.26 bits per heavy atom. The van der Waals surface area contributed by atoms with E-state index < -0.39 is 27.4 Å². The van der Waals surface area contributed by atoms with Gasteiger partial charge in [-0.15, -0.1) is 0 Å². The van der Waals surface area contributed by atoms with E-state index in [2.05, 4.69) is 9.62 Å². The first-order valence-electron chi connectivity index (χ1n) is 12.2. The molecule has 2 heterocycles. The van der Waals surface area contributed by atoms with Crippen molar-refractivity contribution in [2.75, 3.05) is 22.7 Å². The van der Waals surface area contributed by atoms with Crippen molar-refractivity contribution in [3.05, 3.63) is 99.9 Å². The van der Waals surface area contributed by atoms with Crippen LogP contribution in [0.25, 0.3) is 11.0 Å². The summed E-state index contributed by atoms with van der Waals surface area (Å²) in [5.74, 6) is 0. The molecule has 198 valence electrons. The number of fused-ring (bicyclic) bond motifs is 1. The Morgan fingerprint density at radius 1 is 0.868 bits per heavy atom. The lowest BCUT2D eigenvalue weighted by molar-refractivity contribution is -0.136. The molecule has 3 aromatic carbocycles. The Morgan fingerprint density at radius 2 is 1.55 bits per heavy atom. The molecule has 6 nitrogen and oxygen atoms in total. The molecule has 1 saturated heterocycles. The van der Waals surface area contributed by atoms with E-state index in [1.165, 1.54) is 24.3 Å². The zero-order valence-corrected chi connectivity index (χ0v) is 21.1. The van der Waals surface area contributed by atoms with Gasteiger partial charge in [-0.1, -0.05) is 30.3 Å². The van der Waals surface area contributed by atoms with Crippen LogP contribution in [0, 0.1) is 0 Å². The Bertz CT molecular complexity index is 1620. The fourth-order valence-electron chi connectivity index (χ4n) is 4.75. The van der Waals surface area contributed by atoms with Crippen molar-refractivity contribution in [1.29, 1.82) is 0 Å². The largest absolute Gasteiger partial charge is 0.423 e. The molecule has 0 atom stereocenters. The van der Waals surface area contributed by atoms with Crippen LogP contribution >= 0.6 is 0 Å². The van der Waals surface area contributed by atoms with Crippen LogP contribution < -0.4 is 15.2 Å². The summed E-state index contributed by atoms with van der Waals surface area (Å²) in [6.45, 7) is 1.75. The maximum atomic E-state index is 13.5. The molecule has 1 aliphatic rings. The van der Waals surface area contributed by atoms with E-state index in [1.54, 1.807) is 30.3 Å². The highest BCUT2D eigenvalue weighted by molar-refractivity contribution is 7.92. The summed E-state index contributed by atoms with van der Waals surface area (Å²) < 4.78 is 74.3. The van der Waals surface area contributed by atoms with E-state index in [0.29, 0.717) is 22.9 Å². The number of hydrogen-bond acceptors (Lipinski definition) is 5. The van der Waals surface area contributed by atoms with E-state index in [1.807, 2.05) is 12.1 Å². The first kappa shape index (κ1) is 25.8. The molecule has 0 aliphatic carbocycles. The normalized spacial score (nSPS) is 14.6. The van der Waals surface area contributed by atoms with Crippen LogP contribution in [0.4, 0.5) is 24.5 Å². The standard InChI is InChI=1S/C28H25F3N2O4S/c29-28(30,31)23-18-27(34)37-26-13-10-20(17-22(23)26)16-19-8-11-21(12-9-19)38(35,36)32-24-6-2-3-7-25(24)33-14-4-1-5-15-33/h2-3,6-13,17-18,32H,1,4-5,14-16H2. The number of nitrogens with one attached hydrogen (secondary N) is 1. The fraction of sp³-hybridized carbons (Fsp3) is 0.250. The van der Waals surface area contributed by atoms with Gasteiger partial charge in [0, 0.05) is 24.5 Å². The van der Waals surface area contributed by atoms with Crippen LogP contribution in [-0.2, 0) is 22.6 Å². The van der Waals surface area contributed by atoms with E-state index in [0.717, 1.165) is 38.0 Å². The first-order chi connectivity index (χ1) is 18.1. The van der Waals surface area contributed by atoms with Crippen LogP contribution in [0.2, 0.25) is 0 Å². The number of alkyl halides is 3. The molecule has 0 spiro atoms. The lowest BCUT2D eigenvalue weighted by Crippen LogP contribution is -2.30. The minimum absolute atomic E-state index is 0.0781. The molecule has 5 rings (SSSR count). The van der Waals surface area contributed by atoms with Crippen LogP contribution in [0.5, 0.6) is 0 Å². The number of para-hydroxylation sites is 2. The zero-order valence-electron chi connectivity index (χ0n) is 20.3. The van der Waals surface area contributed by atoms with E-state index in [9.17, 15) is 26.4 Å². The molecule has 0 amide bonds. The summed E-state index contributed by atoms with van der Waals surface area (Å²) in [6, 6.07) is 18.2. The van der Waals surface area contributed by atoms with Gasteiger partial charge in [-0.25, -0.2) is 13.2 Å². The van der Waals surface area contributed by atoms with Gasteiger partial charge < -0.3 is 9.32 Å².